The maximum atomic E-state index is 13.1. The van der Waals surface area contributed by atoms with Gasteiger partial charge in [-0.2, -0.15) is 56.7 Å². The molecule has 0 aliphatic carbocycles. The van der Waals surface area contributed by atoms with E-state index in [-0.39, 0.29) is 40.6 Å². The predicted molar refractivity (Wildman–Crippen MR) is 73.9 cm³/mol. The van der Waals surface area contributed by atoms with Crippen LogP contribution in [0.25, 0.3) is 0 Å². The Labute approximate surface area is 187 Å². The summed E-state index contributed by atoms with van der Waals surface area (Å²) in [5.41, 5.74) is 0. The molecular weight excluding hydrogens is 489 g/mol. The van der Waals surface area contributed by atoms with Crippen molar-refractivity contribution in [1.29, 1.82) is 0 Å². The van der Waals surface area contributed by atoms with Crippen LogP contribution < -0.4 is 0 Å². The number of hydrogen-bond donors (Lipinski definition) is 0. The minimum atomic E-state index is -7.53. The van der Waals surface area contributed by atoms with Gasteiger partial charge in [-0.25, -0.2) is 0 Å². The van der Waals surface area contributed by atoms with Crippen molar-refractivity contribution < 1.29 is 68.8 Å². The average molecular weight is 496 g/mol. The maximum Gasteiger partial charge on any atom is 2.00 e. The molecule has 1 aromatic carbocycles. The van der Waals surface area contributed by atoms with Crippen LogP contribution >= 0.6 is 0 Å². The van der Waals surface area contributed by atoms with Crippen molar-refractivity contribution in [3.8, 4) is 0 Å². The molecule has 0 radical (unpaired) electrons. The van der Waals surface area contributed by atoms with Gasteiger partial charge in [0.2, 0.25) is 0 Å². The molecule has 0 N–H and O–H groups in total. The van der Waals surface area contributed by atoms with Gasteiger partial charge in [-0.1, -0.05) is 18.2 Å². The molecule has 0 aliphatic heterocycles. The van der Waals surface area contributed by atoms with Crippen molar-refractivity contribution in [2.24, 2.45) is 0 Å². The van der Waals surface area contributed by atoms with Gasteiger partial charge in [-0.15, -0.1) is 0 Å². The standard InChI is InChI=1S/C12H5F11O4S.Ca.2H/c13-7(9(15,16)10(17,18)11(19,20)12(21,22)23)8(14)26-27-28(24,25)6-4-2-1-3-5-6;;;/h1-5H;;;/q;+2;2*-1. The molecule has 1 rings (SSSR count). The summed E-state index contributed by atoms with van der Waals surface area (Å²) in [6.45, 7) is 0. The molecule has 0 unspecified atom stereocenters. The number of halogens is 11. The van der Waals surface area contributed by atoms with Crippen LogP contribution in [-0.4, -0.2) is 70.1 Å². The molecule has 0 spiro atoms. The van der Waals surface area contributed by atoms with Gasteiger partial charge >= 0.3 is 77.8 Å². The summed E-state index contributed by atoms with van der Waals surface area (Å²) in [7, 11) is -5.15. The molecule has 17 heteroatoms. The minimum absolute atomic E-state index is 0. The molecule has 0 fully saturated rings. The Morgan fingerprint density at radius 3 is 1.69 bits per heavy atom. The van der Waals surface area contributed by atoms with E-state index in [4.69, 9.17) is 0 Å². The SMILES string of the molecule is O=S(=O)(OOC(F)=C(F)C(F)(F)C(F)(F)C(F)(F)C(F)(F)F)c1ccccc1.[Ca+2].[H-].[H-]. The molecule has 0 atom stereocenters. The van der Waals surface area contributed by atoms with Crippen LogP contribution in [0.2, 0.25) is 0 Å². The Balaban J connectivity index is -0.00000261. The number of hydrogen-bond acceptors (Lipinski definition) is 4. The third kappa shape index (κ3) is 5.45. The first-order chi connectivity index (χ1) is 12.4. The molecular formula is C12H7CaF11O4S. The van der Waals surface area contributed by atoms with Gasteiger partial charge in [0.1, 0.15) is 0 Å². The second-order valence-corrected chi connectivity index (χ2v) is 6.24. The summed E-state index contributed by atoms with van der Waals surface area (Å²) in [5.74, 6) is -26.4. The fourth-order valence-electron chi connectivity index (χ4n) is 1.37. The third-order valence-electron chi connectivity index (χ3n) is 2.82. The average Bonchev–Trinajstić information content (AvgIpc) is 2.58. The zero-order valence-electron chi connectivity index (χ0n) is 15.3. The molecule has 0 saturated carbocycles. The molecule has 4 nitrogen and oxygen atoms in total. The van der Waals surface area contributed by atoms with Gasteiger partial charge in [0, 0.05) is 0 Å². The van der Waals surface area contributed by atoms with Crippen LogP contribution in [-0.2, 0) is 19.3 Å². The molecule has 164 valence electrons. The summed E-state index contributed by atoms with van der Waals surface area (Å²) in [6.07, 6.45) is -7.27. The van der Waals surface area contributed by atoms with E-state index in [9.17, 15) is 56.7 Å². The molecule has 0 amide bonds. The molecule has 0 aliphatic rings. The summed E-state index contributed by atoms with van der Waals surface area (Å²) in [5, 5.41) is 0. The van der Waals surface area contributed by atoms with E-state index in [0.29, 0.717) is 0 Å². The first-order valence-corrected chi connectivity index (χ1v) is 7.72. The smallest absolute Gasteiger partial charge is 1.00 e. The van der Waals surface area contributed by atoms with Crippen molar-refractivity contribution in [1.82, 2.24) is 0 Å². The number of benzene rings is 1. The third-order valence-corrected chi connectivity index (χ3v) is 3.92. The Morgan fingerprint density at radius 2 is 1.28 bits per heavy atom. The first-order valence-electron chi connectivity index (χ1n) is 6.31. The Bertz CT molecular complexity index is 848. The molecule has 0 saturated heterocycles. The van der Waals surface area contributed by atoms with E-state index in [1.54, 1.807) is 0 Å². The monoisotopic (exact) mass is 496 g/mol. The minimum Gasteiger partial charge on any atom is -1.00 e. The van der Waals surface area contributed by atoms with Crippen LogP contribution in [0.15, 0.2) is 47.1 Å². The molecule has 0 bridgehead atoms. The van der Waals surface area contributed by atoms with Gasteiger partial charge in [0.15, 0.2) is 0 Å². The van der Waals surface area contributed by atoms with E-state index >= 15 is 0 Å². The zero-order valence-corrected chi connectivity index (χ0v) is 16.3. The summed E-state index contributed by atoms with van der Waals surface area (Å²) >= 11 is 0. The van der Waals surface area contributed by atoms with Crippen molar-refractivity contribution in [3.05, 3.63) is 42.2 Å². The van der Waals surface area contributed by atoms with Crippen molar-refractivity contribution in [3.63, 3.8) is 0 Å². The zero-order chi connectivity index (χ0) is 22.2. The summed E-state index contributed by atoms with van der Waals surface area (Å²) in [6, 6.07) is 1.30. The van der Waals surface area contributed by atoms with Crippen molar-refractivity contribution >= 4 is 47.9 Å². The van der Waals surface area contributed by atoms with Crippen LogP contribution in [0, 0.1) is 0 Å². The quantitative estimate of drug-likeness (QED) is 0.180. The topological polar surface area (TPSA) is 52.6 Å². The number of allylic oxidation sites excluding steroid dienone is 1. The van der Waals surface area contributed by atoms with Gasteiger partial charge in [-0.05, 0) is 16.5 Å². The van der Waals surface area contributed by atoms with E-state index in [1.165, 1.54) is 6.07 Å². The van der Waals surface area contributed by atoms with Crippen LogP contribution in [0.1, 0.15) is 2.85 Å². The van der Waals surface area contributed by atoms with Gasteiger partial charge in [0.25, 0.3) is 5.83 Å². The van der Waals surface area contributed by atoms with E-state index in [0.717, 1.165) is 24.3 Å². The van der Waals surface area contributed by atoms with Gasteiger partial charge in [0.05, 0.1) is 4.90 Å². The molecule has 29 heavy (non-hydrogen) atoms. The number of rotatable bonds is 7. The second kappa shape index (κ2) is 9.11. The second-order valence-electron chi connectivity index (χ2n) is 4.73. The largest absolute Gasteiger partial charge is 2.00 e. The van der Waals surface area contributed by atoms with E-state index in [2.05, 4.69) is 9.22 Å². The van der Waals surface area contributed by atoms with Gasteiger partial charge in [-0.3, -0.25) is 4.89 Å². The Kier molecular flexibility index (Phi) is 8.85. The molecule has 0 aromatic heterocycles. The van der Waals surface area contributed by atoms with E-state index in [1.807, 2.05) is 0 Å². The summed E-state index contributed by atoms with van der Waals surface area (Å²) in [4.78, 5) is 2.08. The fraction of sp³-hybridized carbons (Fsp3) is 0.333. The molecule has 0 heterocycles. The maximum absolute atomic E-state index is 13.1. The van der Waals surface area contributed by atoms with Crippen molar-refractivity contribution in [2.45, 2.75) is 28.8 Å². The molecule has 1 aromatic rings. The fourth-order valence-corrected chi connectivity index (χ4v) is 2.09. The Hall–Kier alpha value is -0.840. The van der Waals surface area contributed by atoms with Crippen LogP contribution in [0.4, 0.5) is 48.3 Å². The first kappa shape index (κ1) is 28.2. The summed E-state index contributed by atoms with van der Waals surface area (Å²) < 4.78 is 165. The van der Waals surface area contributed by atoms with Crippen LogP contribution in [0.3, 0.4) is 0 Å². The van der Waals surface area contributed by atoms with Gasteiger partial charge < -0.3 is 2.85 Å². The van der Waals surface area contributed by atoms with Crippen LogP contribution in [0.5, 0.6) is 0 Å². The van der Waals surface area contributed by atoms with Crippen molar-refractivity contribution in [2.75, 3.05) is 0 Å². The Morgan fingerprint density at radius 1 is 0.828 bits per heavy atom. The predicted octanol–water partition coefficient (Wildman–Crippen LogP) is 4.74. The normalized spacial score (nSPS) is 14.7. The number of alkyl halides is 9. The van der Waals surface area contributed by atoms with E-state index < -0.39 is 50.8 Å².